The van der Waals surface area contributed by atoms with Crippen LogP contribution in [0.3, 0.4) is 0 Å². The lowest BCUT2D eigenvalue weighted by Gasteiger charge is -2.39. The molecular formula is C18H24O3. The Morgan fingerprint density at radius 3 is 2.67 bits per heavy atom. The molecule has 0 bridgehead atoms. The molecule has 0 N–H and O–H groups in total. The van der Waals surface area contributed by atoms with Gasteiger partial charge in [0, 0.05) is 31.0 Å². The summed E-state index contributed by atoms with van der Waals surface area (Å²) >= 11 is 0. The summed E-state index contributed by atoms with van der Waals surface area (Å²) in [7, 11) is 0. The van der Waals surface area contributed by atoms with E-state index in [1.165, 1.54) is 0 Å². The molecule has 1 aromatic carbocycles. The van der Waals surface area contributed by atoms with Crippen molar-refractivity contribution in [3.05, 3.63) is 35.9 Å². The Hall–Kier alpha value is -1.19. The fourth-order valence-electron chi connectivity index (χ4n) is 3.62. The van der Waals surface area contributed by atoms with E-state index in [9.17, 15) is 4.79 Å². The predicted octanol–water partition coefficient (Wildman–Crippen LogP) is 3.12. The van der Waals surface area contributed by atoms with Crippen molar-refractivity contribution in [1.29, 1.82) is 0 Å². The minimum atomic E-state index is -0.441. The molecule has 2 aliphatic heterocycles. The number of hydrogen-bond acceptors (Lipinski definition) is 3. The largest absolute Gasteiger partial charge is 0.378 e. The van der Waals surface area contributed by atoms with Crippen LogP contribution < -0.4 is 0 Å². The maximum absolute atomic E-state index is 13.1. The summed E-state index contributed by atoms with van der Waals surface area (Å²) in [6.45, 7) is 6.14. The molecule has 3 nitrogen and oxygen atoms in total. The molecule has 3 rings (SSSR count). The smallest absolute Gasteiger partial charge is 0.146 e. The molecule has 0 aliphatic carbocycles. The number of Topliss-reactive ketones (excluding diaryl/α,β-unsaturated/α-hetero) is 1. The van der Waals surface area contributed by atoms with Gasteiger partial charge in [-0.2, -0.15) is 0 Å². The number of rotatable bonds is 3. The first-order chi connectivity index (χ1) is 10.0. The summed E-state index contributed by atoms with van der Waals surface area (Å²) in [4.78, 5) is 13.1. The Balaban J connectivity index is 1.78. The molecule has 0 radical (unpaired) electrons. The van der Waals surface area contributed by atoms with Crippen LogP contribution in [0.2, 0.25) is 0 Å². The number of benzene rings is 1. The van der Waals surface area contributed by atoms with Gasteiger partial charge in [0.05, 0.1) is 12.2 Å². The first kappa shape index (κ1) is 14.7. The number of ether oxygens (including phenoxy) is 2. The Labute approximate surface area is 126 Å². The lowest BCUT2D eigenvalue weighted by molar-refractivity contribution is -0.141. The van der Waals surface area contributed by atoms with Gasteiger partial charge >= 0.3 is 0 Å². The lowest BCUT2D eigenvalue weighted by atomic mass is 9.71. The molecule has 2 aliphatic rings. The Bertz CT molecular complexity index is 500. The normalized spacial score (nSPS) is 29.7. The van der Waals surface area contributed by atoms with E-state index in [-0.39, 0.29) is 11.5 Å². The van der Waals surface area contributed by atoms with Gasteiger partial charge in [0.25, 0.3) is 0 Å². The Morgan fingerprint density at radius 2 is 2.00 bits per heavy atom. The molecule has 1 spiro atoms. The third kappa shape index (κ3) is 2.77. The van der Waals surface area contributed by atoms with Crippen molar-refractivity contribution < 1.29 is 14.3 Å². The first-order valence-electron chi connectivity index (χ1n) is 7.85. The third-order valence-corrected chi connectivity index (χ3v) is 5.04. The standard InChI is InChI=1S/C18H24O3/c1-17(2,15-6-4-3-5-7-15)16(19)14-8-10-21-18(12-14)9-11-20-13-18/h3-7,14H,8-13H2,1-2H3. The highest BCUT2D eigenvalue weighted by Crippen LogP contribution is 2.39. The van der Waals surface area contributed by atoms with Gasteiger partial charge in [0.1, 0.15) is 5.78 Å². The zero-order valence-electron chi connectivity index (χ0n) is 12.9. The zero-order chi connectivity index (χ0) is 14.9. The molecule has 114 valence electrons. The van der Waals surface area contributed by atoms with E-state index in [4.69, 9.17) is 9.47 Å². The SMILES string of the molecule is CC(C)(C(=O)C1CCOC2(CCOC2)C1)c1ccccc1. The first-order valence-corrected chi connectivity index (χ1v) is 7.85. The van der Waals surface area contributed by atoms with Gasteiger partial charge in [0.15, 0.2) is 0 Å². The van der Waals surface area contributed by atoms with Crippen LogP contribution in [0.4, 0.5) is 0 Å². The van der Waals surface area contributed by atoms with Crippen molar-refractivity contribution in [2.45, 2.75) is 44.1 Å². The molecule has 2 heterocycles. The summed E-state index contributed by atoms with van der Waals surface area (Å²) in [5.41, 5.74) is 0.452. The highest BCUT2D eigenvalue weighted by atomic mass is 16.6. The van der Waals surface area contributed by atoms with Crippen LogP contribution in [-0.4, -0.2) is 31.2 Å². The van der Waals surface area contributed by atoms with Gasteiger partial charge in [0.2, 0.25) is 0 Å². The van der Waals surface area contributed by atoms with Crippen molar-refractivity contribution in [1.82, 2.24) is 0 Å². The molecule has 2 atom stereocenters. The van der Waals surface area contributed by atoms with Crippen LogP contribution in [0, 0.1) is 5.92 Å². The van der Waals surface area contributed by atoms with Crippen LogP contribution in [0.1, 0.15) is 38.7 Å². The maximum atomic E-state index is 13.1. The van der Waals surface area contributed by atoms with Crippen molar-refractivity contribution in [3.8, 4) is 0 Å². The van der Waals surface area contributed by atoms with E-state index >= 15 is 0 Å². The van der Waals surface area contributed by atoms with E-state index in [2.05, 4.69) is 0 Å². The molecular weight excluding hydrogens is 264 g/mol. The molecule has 2 fully saturated rings. The van der Waals surface area contributed by atoms with Crippen molar-refractivity contribution >= 4 is 5.78 Å². The second-order valence-electron chi connectivity index (χ2n) is 6.88. The third-order valence-electron chi connectivity index (χ3n) is 5.04. The van der Waals surface area contributed by atoms with Crippen LogP contribution in [0.25, 0.3) is 0 Å². The minimum Gasteiger partial charge on any atom is -0.378 e. The van der Waals surface area contributed by atoms with E-state index < -0.39 is 5.41 Å². The fraction of sp³-hybridized carbons (Fsp3) is 0.611. The van der Waals surface area contributed by atoms with Gasteiger partial charge < -0.3 is 9.47 Å². The molecule has 21 heavy (non-hydrogen) atoms. The summed E-state index contributed by atoms with van der Waals surface area (Å²) in [5, 5.41) is 0. The van der Waals surface area contributed by atoms with Crippen LogP contribution >= 0.6 is 0 Å². The van der Waals surface area contributed by atoms with E-state index in [0.717, 1.165) is 31.4 Å². The van der Waals surface area contributed by atoms with E-state index in [1.807, 2.05) is 44.2 Å². The summed E-state index contributed by atoms with van der Waals surface area (Å²) < 4.78 is 11.4. The average Bonchev–Trinajstić information content (AvgIpc) is 2.95. The van der Waals surface area contributed by atoms with Crippen LogP contribution in [0.5, 0.6) is 0 Å². The summed E-state index contributed by atoms with van der Waals surface area (Å²) in [5.74, 6) is 0.416. The van der Waals surface area contributed by atoms with Gasteiger partial charge in [-0.25, -0.2) is 0 Å². The van der Waals surface area contributed by atoms with Gasteiger partial charge in [-0.3, -0.25) is 4.79 Å². The van der Waals surface area contributed by atoms with Crippen molar-refractivity contribution in [2.75, 3.05) is 19.8 Å². The molecule has 2 unspecified atom stereocenters. The molecule has 3 heteroatoms. The monoisotopic (exact) mass is 288 g/mol. The molecule has 0 amide bonds. The second-order valence-corrected chi connectivity index (χ2v) is 6.88. The average molecular weight is 288 g/mol. The van der Waals surface area contributed by atoms with Gasteiger partial charge in [-0.1, -0.05) is 30.3 Å². The van der Waals surface area contributed by atoms with Gasteiger partial charge in [-0.05, 0) is 32.3 Å². The highest BCUT2D eigenvalue weighted by Gasteiger charge is 2.45. The number of hydrogen-bond donors (Lipinski definition) is 0. The summed E-state index contributed by atoms with van der Waals surface area (Å²) in [6, 6.07) is 10.1. The summed E-state index contributed by atoms with van der Waals surface area (Å²) in [6.07, 6.45) is 2.56. The van der Waals surface area contributed by atoms with Gasteiger partial charge in [-0.15, -0.1) is 0 Å². The second kappa shape index (κ2) is 5.54. The number of carbonyl (C=O) groups is 1. The van der Waals surface area contributed by atoms with E-state index in [0.29, 0.717) is 19.0 Å². The quantitative estimate of drug-likeness (QED) is 0.857. The number of carbonyl (C=O) groups excluding carboxylic acids is 1. The predicted molar refractivity (Wildman–Crippen MR) is 81.3 cm³/mol. The molecule has 0 aromatic heterocycles. The fourth-order valence-corrected chi connectivity index (χ4v) is 3.62. The lowest BCUT2D eigenvalue weighted by Crippen LogP contribution is -2.46. The van der Waals surface area contributed by atoms with Crippen molar-refractivity contribution in [3.63, 3.8) is 0 Å². The molecule has 0 saturated carbocycles. The van der Waals surface area contributed by atoms with Crippen LogP contribution in [-0.2, 0) is 19.7 Å². The molecule has 1 aromatic rings. The Morgan fingerprint density at radius 1 is 1.24 bits per heavy atom. The number of ketones is 1. The zero-order valence-corrected chi connectivity index (χ0v) is 12.9. The highest BCUT2D eigenvalue weighted by molar-refractivity contribution is 5.91. The molecule has 2 saturated heterocycles. The maximum Gasteiger partial charge on any atom is 0.146 e. The Kier molecular flexibility index (Phi) is 3.89. The van der Waals surface area contributed by atoms with Crippen LogP contribution in [0.15, 0.2) is 30.3 Å². The van der Waals surface area contributed by atoms with Crippen molar-refractivity contribution in [2.24, 2.45) is 5.92 Å². The van der Waals surface area contributed by atoms with E-state index in [1.54, 1.807) is 0 Å². The minimum absolute atomic E-state index is 0.0793. The topological polar surface area (TPSA) is 35.5 Å².